The molecule has 5 N–H and O–H groups in total. The lowest BCUT2D eigenvalue weighted by molar-refractivity contribution is -0.781. The van der Waals surface area contributed by atoms with E-state index < -0.39 is 10.1 Å². The summed E-state index contributed by atoms with van der Waals surface area (Å²) in [7, 11) is 0. The minimum atomic E-state index is -0.997. The second-order valence-electron chi connectivity index (χ2n) is 1.68. The molecule has 0 bridgehead atoms. The van der Waals surface area contributed by atoms with Crippen LogP contribution in [0.4, 0.5) is 0 Å². The molecule has 0 aliphatic heterocycles. The Morgan fingerprint density at radius 2 is 2.00 bits per heavy atom. The maximum absolute atomic E-state index is 9.80. The van der Waals surface area contributed by atoms with Crippen molar-refractivity contribution in [2.45, 2.75) is 0 Å². The van der Waals surface area contributed by atoms with Crippen molar-refractivity contribution in [1.29, 1.82) is 0 Å². The first-order chi connectivity index (χ1) is 7.08. The maximum Gasteiger partial charge on any atom is 0.185 e. The van der Waals surface area contributed by atoms with Crippen molar-refractivity contribution < 1.29 is 20.7 Å². The Bertz CT molecular complexity index is 302. The van der Waals surface area contributed by atoms with Crippen LogP contribution >= 0.6 is 0 Å². The van der Waals surface area contributed by atoms with Crippen LogP contribution < -0.4 is 16.5 Å². The molecule has 15 heavy (non-hydrogen) atoms. The molecule has 0 fully saturated rings. The van der Waals surface area contributed by atoms with E-state index in [0.29, 0.717) is 9.58 Å². The standard InChI is InChI=1S/C2H2N7O4.H4N2/c10-8(11)4-6-1-2-7(3-6)5-9(12)13;1-2/h1-2H;1-2H2/q-1;/p+1. The molecule has 0 saturated heterocycles. The summed E-state index contributed by atoms with van der Waals surface area (Å²) in [5.41, 5.74) is 5.42. The van der Waals surface area contributed by atoms with Gasteiger partial charge in [0.1, 0.15) is 0 Å². The molecule has 0 saturated carbocycles. The molecule has 84 valence electrons. The van der Waals surface area contributed by atoms with Crippen molar-refractivity contribution in [2.75, 3.05) is 0 Å². The number of hydrogen-bond acceptors (Lipinski definition) is 6. The van der Waals surface area contributed by atoms with Crippen molar-refractivity contribution in [2.24, 2.45) is 5.84 Å². The Morgan fingerprint density at radius 3 is 2.47 bits per heavy atom. The summed E-state index contributed by atoms with van der Waals surface area (Å²) in [5.74, 6) is 7.00. The number of nitrogens with zero attached hydrogens (tertiary/aromatic N) is 7. The highest BCUT2D eigenvalue weighted by atomic mass is 16.7. The molecule has 0 amide bonds. The smallest absolute Gasteiger partial charge is 0.185 e. The fraction of sp³-hybridized carbons (Fsp3) is 0. The van der Waals surface area contributed by atoms with E-state index in [1.807, 2.05) is 0 Å². The monoisotopic (exact) mass is 221 g/mol. The molecule has 0 unspecified atom stereocenters. The Hall–Kier alpha value is -2.54. The van der Waals surface area contributed by atoms with Gasteiger partial charge in [-0.15, -0.1) is 9.58 Å². The molecular formula is C2H7N9O4. The molecule has 1 aromatic rings. The second kappa shape index (κ2) is 6.00. The lowest BCUT2D eigenvalue weighted by atomic mass is 10.9. The van der Waals surface area contributed by atoms with Crippen LogP contribution in [-0.4, -0.2) is 20.1 Å². The van der Waals surface area contributed by atoms with Crippen LogP contribution in [0, 0.1) is 20.2 Å². The first kappa shape index (κ1) is 12.5. The predicted molar refractivity (Wildman–Crippen MR) is 41.0 cm³/mol. The van der Waals surface area contributed by atoms with E-state index in [9.17, 15) is 20.2 Å². The highest BCUT2D eigenvalue weighted by Gasteiger charge is 2.01. The summed E-state index contributed by atoms with van der Waals surface area (Å²) in [6, 6.07) is 0. The highest BCUT2D eigenvalue weighted by Crippen LogP contribution is 1.89. The maximum atomic E-state index is 9.80. The van der Waals surface area contributed by atoms with E-state index in [0.717, 1.165) is 12.4 Å². The quantitative estimate of drug-likeness (QED) is 0.234. The summed E-state index contributed by atoms with van der Waals surface area (Å²) in [5, 5.41) is 20.8. The Labute approximate surface area is 81.4 Å². The van der Waals surface area contributed by atoms with Gasteiger partial charge < -0.3 is 20.2 Å². The minimum absolute atomic E-state index is 0.535. The summed E-state index contributed by atoms with van der Waals surface area (Å²) in [6.07, 6.45) is 2.08. The fourth-order valence-corrected chi connectivity index (χ4v) is 0.518. The number of rotatable bonds is 4. The van der Waals surface area contributed by atoms with Gasteiger partial charge in [-0.2, -0.15) is 5.84 Å². The van der Waals surface area contributed by atoms with Gasteiger partial charge in [-0.3, -0.25) is 5.84 Å². The second-order valence-corrected chi connectivity index (χ2v) is 1.68. The fourth-order valence-electron chi connectivity index (χ4n) is 0.518. The summed E-state index contributed by atoms with van der Waals surface area (Å²) in [6.45, 7) is 0. The number of nitrogens with two attached hydrogens (primary N) is 1. The largest absolute Gasteiger partial charge is 0.355 e. The number of quaternary nitrogens is 1. The molecule has 13 heteroatoms. The van der Waals surface area contributed by atoms with Gasteiger partial charge in [0.25, 0.3) is 0 Å². The summed E-state index contributed by atoms with van der Waals surface area (Å²) >= 11 is 0. The van der Waals surface area contributed by atoms with E-state index in [1.165, 1.54) is 0 Å². The van der Waals surface area contributed by atoms with Crippen molar-refractivity contribution in [3.63, 3.8) is 0 Å². The van der Waals surface area contributed by atoms with E-state index in [-0.39, 0.29) is 0 Å². The first-order valence-electron chi connectivity index (χ1n) is 3.19. The Kier molecular flexibility index (Phi) is 4.98. The number of nitro groups is 2. The highest BCUT2D eigenvalue weighted by molar-refractivity contribution is 4.65. The van der Waals surface area contributed by atoms with Crippen LogP contribution in [0.1, 0.15) is 0 Å². The van der Waals surface area contributed by atoms with Gasteiger partial charge in [0.2, 0.25) is 0 Å². The van der Waals surface area contributed by atoms with Gasteiger partial charge >= 0.3 is 0 Å². The zero-order chi connectivity index (χ0) is 11.8. The lowest BCUT2D eigenvalue weighted by Gasteiger charge is -1.98. The molecule has 0 atom stereocenters. The van der Waals surface area contributed by atoms with Crippen molar-refractivity contribution in [1.82, 2.24) is 10.0 Å². The molecule has 0 aromatic carbocycles. The first-order valence-corrected chi connectivity index (χ1v) is 3.19. The molecule has 0 radical (unpaired) electrons. The van der Waals surface area contributed by atoms with Gasteiger partial charge in [0.05, 0.1) is 0 Å². The topological polar surface area (TPSA) is 190 Å². The lowest BCUT2D eigenvalue weighted by Crippen LogP contribution is -2.59. The average molecular weight is 221 g/mol. The van der Waals surface area contributed by atoms with Crippen molar-refractivity contribution in [3.8, 4) is 0 Å². The van der Waals surface area contributed by atoms with Crippen LogP contribution in [0.2, 0.25) is 0 Å². The third-order valence-corrected chi connectivity index (χ3v) is 0.846. The SMILES string of the molecule is N[NH3+].O=[N+]([O-])[N-]n1cc[n+]([N-][N+](=O)[O-])n1. The van der Waals surface area contributed by atoms with E-state index in [1.54, 1.807) is 0 Å². The molecule has 0 aliphatic carbocycles. The average Bonchev–Trinajstić information content (AvgIpc) is 2.54. The van der Waals surface area contributed by atoms with E-state index in [4.69, 9.17) is 0 Å². The molecule has 0 aliphatic rings. The van der Waals surface area contributed by atoms with Gasteiger partial charge in [0.15, 0.2) is 12.4 Å². The summed E-state index contributed by atoms with van der Waals surface area (Å²) < 4.78 is 0. The van der Waals surface area contributed by atoms with Crippen LogP contribution in [-0.2, 0) is 0 Å². The summed E-state index contributed by atoms with van der Waals surface area (Å²) in [4.78, 5) is 20.7. The minimum Gasteiger partial charge on any atom is -0.355 e. The zero-order valence-electron chi connectivity index (χ0n) is 7.20. The van der Waals surface area contributed by atoms with Crippen LogP contribution in [0.5, 0.6) is 0 Å². The molecule has 1 rings (SSSR count). The van der Waals surface area contributed by atoms with E-state index >= 15 is 0 Å². The number of aromatic nitrogens is 3. The van der Waals surface area contributed by atoms with Crippen LogP contribution in [0.3, 0.4) is 0 Å². The van der Waals surface area contributed by atoms with Crippen LogP contribution in [0.25, 0.3) is 11.1 Å². The Balaban J connectivity index is 0.000000921. The van der Waals surface area contributed by atoms with Gasteiger partial charge in [-0.1, -0.05) is 0 Å². The third kappa shape index (κ3) is 4.90. The zero-order valence-corrected chi connectivity index (χ0v) is 7.20. The molecular weight excluding hydrogens is 214 g/mol. The third-order valence-electron chi connectivity index (χ3n) is 0.846. The van der Waals surface area contributed by atoms with Gasteiger partial charge in [0, 0.05) is 10.6 Å². The van der Waals surface area contributed by atoms with Crippen molar-refractivity contribution >= 4 is 0 Å². The van der Waals surface area contributed by atoms with Gasteiger partial charge in [-0.05, 0) is 15.8 Å². The molecule has 1 heterocycles. The normalized spacial score (nSPS) is 8.40. The molecule has 0 spiro atoms. The molecule has 13 nitrogen and oxygen atoms in total. The molecule has 1 aromatic heterocycles. The van der Waals surface area contributed by atoms with E-state index in [2.05, 4.69) is 28.0 Å². The van der Waals surface area contributed by atoms with Crippen molar-refractivity contribution in [3.05, 3.63) is 43.7 Å². The number of hydrogen-bond donors (Lipinski definition) is 2. The van der Waals surface area contributed by atoms with Gasteiger partial charge in [-0.25, -0.2) is 0 Å². The Morgan fingerprint density at radius 1 is 1.40 bits per heavy atom. The van der Waals surface area contributed by atoms with Crippen LogP contribution in [0.15, 0.2) is 12.4 Å². The predicted octanol–water partition coefficient (Wildman–Crippen LogP) is -3.07.